The Balaban J connectivity index is 0.990. The number of phenols is 1. The van der Waals surface area contributed by atoms with E-state index in [9.17, 15) is 53.4 Å². The first-order chi connectivity index (χ1) is 68.5. The van der Waals surface area contributed by atoms with Crippen molar-refractivity contribution >= 4 is 117 Å². The first-order valence-corrected chi connectivity index (χ1v) is 48.6. The summed E-state index contributed by atoms with van der Waals surface area (Å²) in [4.78, 5) is 209. The van der Waals surface area contributed by atoms with Crippen LogP contribution in [-0.2, 0) is 94.4 Å². The molecule has 6 aromatic carbocycles. The molecule has 1 aromatic heterocycles. The number of para-hydroxylation sites is 2. The first-order valence-electron chi connectivity index (χ1n) is 48.6. The second-order valence-electron chi connectivity index (χ2n) is 36.4. The molecule has 1 fully saturated rings. The van der Waals surface area contributed by atoms with Gasteiger partial charge in [-0.3, -0.25) is 73.8 Å². The van der Waals surface area contributed by atoms with Gasteiger partial charge in [-0.2, -0.15) is 0 Å². The molecule has 0 unspecified atom stereocenters. The number of nitrogens with two attached hydrogens (primary N) is 4. The first kappa shape index (κ1) is 113. The molecule has 1 aliphatic rings. The number of guanidine groups is 3. The molecule has 7 aromatic rings. The number of nitrogens with one attached hydrogen (secondary N) is 20. The quantitative estimate of drug-likeness (QED) is 0.0146. The number of fused-ring (bicyclic) bond motifs is 1. The number of nitrogens with zero attached hydrogens (tertiary/aromatic N) is 2. The summed E-state index contributed by atoms with van der Waals surface area (Å²) in [6.07, 6.45) is 3.30. The number of aliphatic carboxylic acids is 1. The van der Waals surface area contributed by atoms with Crippen LogP contribution in [0.4, 0.5) is 10.5 Å². The number of aromatic nitrogens is 1. The number of H-pyrrole nitrogens is 1. The molecular weight excluding hydrogens is 1830 g/mol. The Bertz CT molecular complexity index is 5350. The molecule has 42 heteroatoms. The molecule has 8 rings (SSSR count). The van der Waals surface area contributed by atoms with Crippen LogP contribution in [-0.4, -0.2) is 252 Å². The number of likely N-dealkylation sites (tertiary alicyclic amines) is 1. The van der Waals surface area contributed by atoms with Gasteiger partial charge in [0.2, 0.25) is 70.9 Å². The van der Waals surface area contributed by atoms with Crippen LogP contribution in [0.25, 0.3) is 10.9 Å². The Morgan fingerprint density at radius 3 is 1.33 bits per heavy atom. The van der Waals surface area contributed by atoms with Crippen LogP contribution in [0.5, 0.6) is 5.75 Å². The van der Waals surface area contributed by atoms with E-state index in [-0.39, 0.29) is 153 Å². The smallest absolute Gasteiger partial charge is 0.326 e. The Kier molecular flexibility index (Phi) is 46.9. The van der Waals surface area contributed by atoms with Crippen molar-refractivity contribution in [2.24, 2.45) is 34.8 Å². The summed E-state index contributed by atoms with van der Waals surface area (Å²) in [6.45, 7) is 10.0. The maximum absolute atomic E-state index is 15.5. The molecule has 772 valence electrons. The van der Waals surface area contributed by atoms with Gasteiger partial charge in [-0.15, -0.1) is 0 Å². The Morgan fingerprint density at radius 2 is 0.839 bits per heavy atom. The van der Waals surface area contributed by atoms with Crippen molar-refractivity contribution < 1.29 is 77.3 Å². The number of carboxylic acid groups (broad SMARTS) is 1. The second kappa shape index (κ2) is 59.4. The highest BCUT2D eigenvalue weighted by atomic mass is 16.4. The van der Waals surface area contributed by atoms with Gasteiger partial charge in [0.05, 0.1) is 12.6 Å². The number of carbonyl (C=O) groups is 14. The zero-order valence-electron chi connectivity index (χ0n) is 81.7. The lowest BCUT2D eigenvalue weighted by Crippen LogP contribution is -2.61. The number of unbranched alkanes of at least 4 members (excludes halogenated alkanes) is 1. The summed E-state index contributed by atoms with van der Waals surface area (Å²) in [7, 11) is 0. The van der Waals surface area contributed by atoms with Crippen LogP contribution in [0.2, 0.25) is 0 Å². The summed E-state index contributed by atoms with van der Waals surface area (Å²) >= 11 is 0. The molecule has 14 amide bonds. The minimum Gasteiger partial charge on any atom is -0.508 e. The van der Waals surface area contributed by atoms with E-state index in [1.807, 2.05) is 53.4 Å². The minimum absolute atomic E-state index is 0.00639. The topological polar surface area (TPSA) is 670 Å². The van der Waals surface area contributed by atoms with Crippen molar-refractivity contribution in [1.29, 1.82) is 16.2 Å². The van der Waals surface area contributed by atoms with Crippen molar-refractivity contribution in [3.63, 3.8) is 0 Å². The predicted molar refractivity (Wildman–Crippen MR) is 543 cm³/mol. The molecule has 0 bridgehead atoms. The van der Waals surface area contributed by atoms with Crippen LogP contribution in [0, 0.1) is 28.1 Å². The van der Waals surface area contributed by atoms with Crippen LogP contribution >= 0.6 is 0 Å². The zero-order valence-corrected chi connectivity index (χ0v) is 81.7. The molecule has 11 atom stereocenters. The Labute approximate surface area is 832 Å². The number of piperidine rings is 1. The number of carboxylic acids is 1. The highest BCUT2D eigenvalue weighted by molar-refractivity contribution is 6.00. The molecular formula is C101H142N26O16. The number of aromatic hydroxyl groups is 1. The third kappa shape index (κ3) is 40.1. The van der Waals surface area contributed by atoms with Crippen LogP contribution < -0.4 is 113 Å². The second-order valence-corrected chi connectivity index (χ2v) is 36.4. The average molecular weight is 1980 g/mol. The fourth-order valence-corrected chi connectivity index (χ4v) is 16.4. The molecule has 0 radical (unpaired) electrons. The van der Waals surface area contributed by atoms with E-state index in [4.69, 9.17) is 39.2 Å². The highest BCUT2D eigenvalue weighted by Crippen LogP contribution is 2.27. The number of hydrogen-bond donors (Lipinski definition) is 26. The van der Waals surface area contributed by atoms with E-state index in [0.717, 1.165) is 44.6 Å². The molecule has 0 saturated carbocycles. The number of amides is 14. The summed E-state index contributed by atoms with van der Waals surface area (Å²) in [5, 5.41) is 87.5. The third-order valence-electron chi connectivity index (χ3n) is 24.2. The molecule has 2 heterocycles. The van der Waals surface area contributed by atoms with Gasteiger partial charge in [-0.05, 0) is 167 Å². The lowest BCUT2D eigenvalue weighted by molar-refractivity contribution is -0.143. The monoisotopic (exact) mass is 1980 g/mol. The fourth-order valence-electron chi connectivity index (χ4n) is 16.4. The Hall–Kier alpha value is -15.2. The van der Waals surface area contributed by atoms with E-state index in [1.54, 1.807) is 131 Å². The van der Waals surface area contributed by atoms with Gasteiger partial charge in [-0.1, -0.05) is 167 Å². The van der Waals surface area contributed by atoms with E-state index in [0.29, 0.717) is 33.2 Å². The number of phenolic OH excluding ortho intramolecular Hbond substituents is 1. The molecule has 0 spiro atoms. The molecule has 30 N–H and O–H groups in total. The molecule has 143 heavy (non-hydrogen) atoms. The van der Waals surface area contributed by atoms with E-state index >= 15 is 24.0 Å². The lowest BCUT2D eigenvalue weighted by Gasteiger charge is -2.38. The standard InChI is InChI=1S/C101H142N26O16/c1-62(2)55-80(122-94(138)81(57-66-27-12-7-13-28-66)117-84(129)61-115-87(131)64(5)116-88(132)74(102)56-68-39-41-72(128)42-40-68)93(137)120-77(36-22-48-109-98(103)104)89(133)118-78(37-23-49-110-99(105)106)90(134)123-82(58-67-29-14-8-15-30-67)95(139)121-79(38-24-50-111-100(107)108)91(135)124-83(59-69-60-114-75-34-19-18-33-73(69)75)96(140)119-76(92(136)125-86(63(3)4)97(141)142)35-20-21-47-112-101(143)113-51-43-85(130)127(70-31-16-9-17-32-70)71-45-53-126(54-46-71)52-44-65-25-10-6-11-26-65/h6-19,25-34,39-42,60,62-64,71,74,76-83,86,114,128H,20-24,35-38,43-59,61,102H2,1-5H3,(H,115,131)(H,116,132)(H,117,129)(H,118,133)(H,119,140)(H,120,137)(H,121,139)(H,122,138)(H,123,134)(H,124,135)(H,125,136)(H,141,142)(H4,103,104,109)(H4,105,106,110)(H4,107,108,111)(H2,112,113,143)/t64-,74+,76-,77+,78+,79+,80+,81+,82-,83+,86+/m1/s1. The van der Waals surface area contributed by atoms with Crippen molar-refractivity contribution in [2.45, 2.75) is 223 Å². The normalized spacial score (nSPS) is 14.3. The molecule has 0 aliphatic carbocycles. The lowest BCUT2D eigenvalue weighted by atomic mass is 10.00. The summed E-state index contributed by atoms with van der Waals surface area (Å²) < 4.78 is 0. The number of hydrogen-bond acceptors (Lipinski definition) is 20. The molecule has 1 aliphatic heterocycles. The maximum Gasteiger partial charge on any atom is 0.326 e. The van der Waals surface area contributed by atoms with E-state index in [2.05, 4.69) is 107 Å². The fraction of sp³-hybridized carbons (Fsp3) is 0.455. The SMILES string of the molecule is CC(C)C[C@H](NC(=O)[C@H](Cc1ccccc1)NC(=O)CNC(=O)[C@@H](C)NC(=O)[C@@H](N)Cc1ccc(O)cc1)C(=O)N[C@@H](CCCNC(=N)N)C(=O)N[C@@H](CCCNC(=N)N)C(=O)N[C@H](Cc1ccccc1)C(=O)N[C@@H](CCCNC(=N)N)C(=O)N[C@@H](Cc1c[nH]c2ccccc12)C(=O)N[C@H](CCCCNC(=O)NCCC(=O)N(c1ccccc1)C1CCN(CCc2ccccc2)CC1)C(=O)N[C@H](C(=O)O)C(C)C. The number of rotatable bonds is 59. The van der Waals surface area contributed by atoms with Crippen molar-refractivity contribution in [3.8, 4) is 5.75 Å². The number of benzene rings is 6. The predicted octanol–water partition coefficient (Wildman–Crippen LogP) is 1.63. The van der Waals surface area contributed by atoms with Gasteiger partial charge in [0, 0.05) is 107 Å². The van der Waals surface area contributed by atoms with E-state index < -0.39 is 174 Å². The Morgan fingerprint density at radius 1 is 0.427 bits per heavy atom. The van der Waals surface area contributed by atoms with Crippen LogP contribution in [0.15, 0.2) is 176 Å². The minimum atomic E-state index is -1.60. The van der Waals surface area contributed by atoms with Gasteiger partial charge in [0.1, 0.15) is 66.2 Å². The van der Waals surface area contributed by atoms with Crippen LogP contribution in [0.3, 0.4) is 0 Å². The van der Waals surface area contributed by atoms with Crippen LogP contribution in [0.1, 0.15) is 146 Å². The number of carbonyl (C=O) groups excluding carboxylic acids is 13. The van der Waals surface area contributed by atoms with Gasteiger partial charge < -0.3 is 133 Å². The van der Waals surface area contributed by atoms with Crippen molar-refractivity contribution in [2.75, 3.05) is 63.8 Å². The average Bonchev–Trinajstić information content (AvgIpc) is 1.67. The molecule has 1 saturated heterocycles. The molecule has 42 nitrogen and oxygen atoms in total. The van der Waals surface area contributed by atoms with Crippen molar-refractivity contribution in [3.05, 3.63) is 204 Å². The van der Waals surface area contributed by atoms with Gasteiger partial charge in [0.15, 0.2) is 17.9 Å². The number of anilines is 1. The maximum atomic E-state index is 15.5. The van der Waals surface area contributed by atoms with E-state index in [1.165, 1.54) is 24.6 Å². The van der Waals surface area contributed by atoms with Gasteiger partial charge in [0.25, 0.3) is 0 Å². The number of urea groups is 1. The van der Waals surface area contributed by atoms with Gasteiger partial charge in [-0.25, -0.2) is 9.59 Å². The third-order valence-corrected chi connectivity index (χ3v) is 24.2. The zero-order chi connectivity index (χ0) is 104. The highest BCUT2D eigenvalue weighted by Gasteiger charge is 2.39. The number of aromatic amines is 1. The summed E-state index contributed by atoms with van der Waals surface area (Å²) in [6, 6.07) is 33.5. The summed E-state index contributed by atoms with van der Waals surface area (Å²) in [5.74, 6) is -13.3. The largest absolute Gasteiger partial charge is 0.508 e. The summed E-state index contributed by atoms with van der Waals surface area (Å²) in [5.41, 5.74) is 28.1. The van der Waals surface area contributed by atoms with Crippen molar-refractivity contribution in [1.82, 2.24) is 95.0 Å². The van der Waals surface area contributed by atoms with Gasteiger partial charge >= 0.3 is 12.0 Å².